The normalized spacial score (nSPS) is 18.2. The standard InChI is InChI=1S/C29H33N3O6S/c1-18(2)25(28(34)35)31-39(36,37)29(16-14-21(15-17-29)20-10-7-6-8-11-20)30-27(33)26-19(3)24-22(32(4)5)12-9-13-23(24)38-26/h6-16,18,25,31H,17H2,1-5H3,(H,30,33)(H,34,35)/t25-,29?/m0/s1. The van der Waals surface area contributed by atoms with Crippen LogP contribution in [0, 0.1) is 12.8 Å². The third kappa shape index (κ3) is 5.35. The van der Waals surface area contributed by atoms with Crippen molar-refractivity contribution < 1.29 is 27.5 Å². The van der Waals surface area contributed by atoms with E-state index in [9.17, 15) is 23.1 Å². The van der Waals surface area contributed by atoms with Crippen LogP contribution in [0.2, 0.25) is 0 Å². The van der Waals surface area contributed by atoms with Crippen LogP contribution in [0.25, 0.3) is 16.5 Å². The number of fused-ring (bicyclic) bond motifs is 1. The van der Waals surface area contributed by atoms with Crippen molar-refractivity contribution in [2.75, 3.05) is 19.0 Å². The van der Waals surface area contributed by atoms with Crippen LogP contribution in [0.5, 0.6) is 0 Å². The maximum Gasteiger partial charge on any atom is 0.321 e. The highest BCUT2D eigenvalue weighted by Crippen LogP contribution is 2.35. The van der Waals surface area contributed by atoms with Crippen molar-refractivity contribution in [1.29, 1.82) is 0 Å². The molecule has 1 aliphatic carbocycles. The number of aliphatic carboxylic acids is 1. The Morgan fingerprint density at radius 1 is 1.08 bits per heavy atom. The van der Waals surface area contributed by atoms with Crippen molar-refractivity contribution in [3.05, 3.63) is 83.6 Å². The first-order valence-corrected chi connectivity index (χ1v) is 14.1. The molecule has 0 fully saturated rings. The van der Waals surface area contributed by atoms with Gasteiger partial charge >= 0.3 is 5.97 Å². The van der Waals surface area contributed by atoms with E-state index in [0.29, 0.717) is 11.1 Å². The number of carboxylic acid groups (broad SMARTS) is 1. The van der Waals surface area contributed by atoms with Gasteiger partial charge in [-0.15, -0.1) is 0 Å². The number of amides is 1. The molecule has 0 saturated carbocycles. The summed E-state index contributed by atoms with van der Waals surface area (Å²) in [4.78, 5) is 25.5. The Morgan fingerprint density at radius 2 is 1.77 bits per heavy atom. The lowest BCUT2D eigenvalue weighted by Gasteiger charge is -2.34. The summed E-state index contributed by atoms with van der Waals surface area (Å²) < 4.78 is 35.9. The van der Waals surface area contributed by atoms with E-state index in [-0.39, 0.29) is 12.2 Å². The molecule has 1 amide bonds. The quantitative estimate of drug-likeness (QED) is 0.362. The molecule has 0 bridgehead atoms. The SMILES string of the molecule is Cc1c(C(=O)NC2(S(=O)(=O)N[C@H](C(=O)O)C(C)C)C=CC(c3ccccc3)=CC2)oc2cccc(N(C)C)c12. The Balaban J connectivity index is 1.76. The smallest absolute Gasteiger partial charge is 0.321 e. The monoisotopic (exact) mass is 551 g/mol. The lowest BCUT2D eigenvalue weighted by molar-refractivity contribution is -0.140. The van der Waals surface area contributed by atoms with Crippen LogP contribution < -0.4 is 14.9 Å². The first-order chi connectivity index (χ1) is 18.4. The van der Waals surface area contributed by atoms with Crippen LogP contribution in [0.4, 0.5) is 5.69 Å². The van der Waals surface area contributed by atoms with Crippen molar-refractivity contribution in [2.45, 2.75) is 38.1 Å². The fourth-order valence-corrected chi connectivity index (χ4v) is 6.38. The molecule has 2 atom stereocenters. The van der Waals surface area contributed by atoms with Crippen molar-refractivity contribution in [1.82, 2.24) is 10.0 Å². The summed E-state index contributed by atoms with van der Waals surface area (Å²) in [7, 11) is -0.691. The van der Waals surface area contributed by atoms with E-state index in [1.54, 1.807) is 39.0 Å². The summed E-state index contributed by atoms with van der Waals surface area (Å²) in [6.07, 6.45) is 4.62. The lowest BCUT2D eigenvalue weighted by Crippen LogP contribution is -2.60. The summed E-state index contributed by atoms with van der Waals surface area (Å²) >= 11 is 0. The zero-order chi connectivity index (χ0) is 28.5. The van der Waals surface area contributed by atoms with Crippen molar-refractivity contribution >= 4 is 44.1 Å². The first kappa shape index (κ1) is 28.1. The van der Waals surface area contributed by atoms with E-state index in [1.165, 1.54) is 6.08 Å². The van der Waals surface area contributed by atoms with Crippen LogP contribution >= 0.6 is 0 Å². The van der Waals surface area contributed by atoms with Gasteiger partial charge in [0.2, 0.25) is 10.0 Å². The molecule has 0 aliphatic heterocycles. The molecule has 3 N–H and O–H groups in total. The molecular formula is C29H33N3O6S. The largest absolute Gasteiger partial charge is 0.480 e. The highest BCUT2D eigenvalue weighted by Gasteiger charge is 2.46. The van der Waals surface area contributed by atoms with Gasteiger partial charge in [0.05, 0.1) is 0 Å². The average molecular weight is 552 g/mol. The van der Waals surface area contributed by atoms with Gasteiger partial charge in [0.15, 0.2) is 10.6 Å². The maximum atomic E-state index is 13.8. The second kappa shape index (κ2) is 10.7. The summed E-state index contributed by atoms with van der Waals surface area (Å²) in [5, 5.41) is 13.1. The molecule has 4 rings (SSSR count). The third-order valence-electron chi connectivity index (χ3n) is 6.90. The molecule has 206 valence electrons. The molecule has 0 spiro atoms. The van der Waals surface area contributed by atoms with Gasteiger partial charge in [-0.1, -0.05) is 62.4 Å². The predicted octanol–water partition coefficient (Wildman–Crippen LogP) is 4.31. The lowest BCUT2D eigenvalue weighted by atomic mass is 9.96. The average Bonchev–Trinajstić information content (AvgIpc) is 3.24. The van der Waals surface area contributed by atoms with Crippen LogP contribution in [-0.4, -0.2) is 50.4 Å². The molecule has 9 nitrogen and oxygen atoms in total. The van der Waals surface area contributed by atoms with E-state index in [2.05, 4.69) is 10.0 Å². The van der Waals surface area contributed by atoms with E-state index >= 15 is 0 Å². The van der Waals surface area contributed by atoms with Gasteiger partial charge in [-0.2, -0.15) is 4.72 Å². The Bertz CT molecular complexity index is 1570. The van der Waals surface area contributed by atoms with E-state index in [1.807, 2.05) is 61.5 Å². The summed E-state index contributed by atoms with van der Waals surface area (Å²) in [5.74, 6) is -2.58. The minimum absolute atomic E-state index is 0.0150. The third-order valence-corrected chi connectivity index (χ3v) is 8.83. The second-order valence-corrected chi connectivity index (χ2v) is 12.2. The summed E-state index contributed by atoms with van der Waals surface area (Å²) in [5.41, 5.74) is 3.58. The molecule has 10 heteroatoms. The fraction of sp³-hybridized carbons (Fsp3) is 0.310. The number of furan rings is 1. The molecule has 1 unspecified atom stereocenters. The predicted molar refractivity (Wildman–Crippen MR) is 152 cm³/mol. The van der Waals surface area contributed by atoms with Gasteiger partial charge in [-0.3, -0.25) is 9.59 Å². The fourth-order valence-electron chi connectivity index (χ4n) is 4.69. The van der Waals surface area contributed by atoms with Crippen molar-refractivity contribution in [2.24, 2.45) is 5.92 Å². The number of hydrogen-bond donors (Lipinski definition) is 3. The van der Waals surface area contributed by atoms with Gasteiger partial charge in [0.25, 0.3) is 5.91 Å². The summed E-state index contributed by atoms with van der Waals surface area (Å²) in [6, 6.07) is 13.5. The number of nitrogens with one attached hydrogen (secondary N) is 2. The van der Waals surface area contributed by atoms with Crippen LogP contribution in [0.3, 0.4) is 0 Å². The number of carbonyl (C=O) groups excluding carboxylic acids is 1. The van der Waals surface area contributed by atoms with E-state index < -0.39 is 38.7 Å². The molecular weight excluding hydrogens is 518 g/mol. The Kier molecular flexibility index (Phi) is 7.72. The van der Waals surface area contributed by atoms with E-state index in [4.69, 9.17) is 4.42 Å². The van der Waals surface area contributed by atoms with E-state index in [0.717, 1.165) is 22.2 Å². The first-order valence-electron chi connectivity index (χ1n) is 12.6. The Hall–Kier alpha value is -3.89. The minimum atomic E-state index is -4.45. The number of benzene rings is 2. The number of carboxylic acids is 1. The summed E-state index contributed by atoms with van der Waals surface area (Å²) in [6.45, 7) is 4.96. The number of anilines is 1. The van der Waals surface area contributed by atoms with Crippen molar-refractivity contribution in [3.8, 4) is 0 Å². The highest BCUT2D eigenvalue weighted by molar-refractivity contribution is 7.91. The molecule has 2 aromatic carbocycles. The maximum absolute atomic E-state index is 13.8. The van der Waals surface area contributed by atoms with Gasteiger partial charge < -0.3 is 19.7 Å². The van der Waals surface area contributed by atoms with Gasteiger partial charge in [-0.05, 0) is 42.2 Å². The van der Waals surface area contributed by atoms with Crippen LogP contribution in [0.1, 0.15) is 41.9 Å². The molecule has 0 saturated heterocycles. The van der Waals surface area contributed by atoms with Crippen molar-refractivity contribution in [3.63, 3.8) is 0 Å². The topological polar surface area (TPSA) is 129 Å². The number of hydrogen-bond acceptors (Lipinski definition) is 6. The minimum Gasteiger partial charge on any atom is -0.480 e. The molecule has 1 heterocycles. The number of nitrogens with zero attached hydrogens (tertiary/aromatic N) is 1. The van der Waals surface area contributed by atoms with Crippen LogP contribution in [0.15, 0.2) is 71.2 Å². The number of rotatable bonds is 9. The number of aryl methyl sites for hydroxylation is 1. The molecule has 3 aromatic rings. The van der Waals surface area contributed by atoms with Gasteiger partial charge in [0.1, 0.15) is 11.6 Å². The molecule has 1 aliphatic rings. The second-order valence-electron chi connectivity index (χ2n) is 10.2. The van der Waals surface area contributed by atoms with Gasteiger partial charge in [-0.25, -0.2) is 8.42 Å². The Morgan fingerprint density at radius 3 is 2.33 bits per heavy atom. The Labute approximate surface area is 228 Å². The molecule has 39 heavy (non-hydrogen) atoms. The zero-order valence-electron chi connectivity index (χ0n) is 22.6. The highest BCUT2D eigenvalue weighted by atomic mass is 32.2. The molecule has 0 radical (unpaired) electrons. The number of allylic oxidation sites excluding steroid dienone is 2. The van der Waals surface area contributed by atoms with Crippen LogP contribution in [-0.2, 0) is 14.8 Å². The van der Waals surface area contributed by atoms with Gasteiger partial charge in [0, 0.05) is 37.2 Å². The number of carbonyl (C=O) groups is 2. The number of sulfonamides is 1. The zero-order valence-corrected chi connectivity index (χ0v) is 23.4. The molecule has 1 aromatic heterocycles.